The number of hydrogen-bond donors (Lipinski definition) is 2. The number of aromatic nitrogens is 5. The van der Waals surface area contributed by atoms with Crippen LogP contribution in [0.15, 0.2) is 42.9 Å². The van der Waals surface area contributed by atoms with Crippen LogP contribution in [0.25, 0.3) is 11.4 Å². The van der Waals surface area contributed by atoms with Gasteiger partial charge in [0.15, 0.2) is 5.82 Å². The third kappa shape index (κ3) is 3.68. The minimum absolute atomic E-state index is 0.0290. The molecule has 2 aromatic heterocycles. The summed E-state index contributed by atoms with van der Waals surface area (Å²) in [7, 11) is 1.88. The Kier molecular flexibility index (Phi) is 4.69. The molecule has 0 fully saturated rings. The summed E-state index contributed by atoms with van der Waals surface area (Å²) >= 11 is 0. The Bertz CT molecular complexity index is 808. The van der Waals surface area contributed by atoms with Crippen LogP contribution >= 0.6 is 0 Å². The van der Waals surface area contributed by atoms with Crippen LogP contribution in [0.2, 0.25) is 0 Å². The van der Waals surface area contributed by atoms with Gasteiger partial charge in [-0.05, 0) is 17.7 Å². The minimum Gasteiger partial charge on any atom is -0.352 e. The highest BCUT2D eigenvalue weighted by Crippen LogP contribution is 2.15. The van der Waals surface area contributed by atoms with Crippen molar-refractivity contribution in [3.05, 3.63) is 54.1 Å². The zero-order chi connectivity index (χ0) is 16.9. The summed E-state index contributed by atoms with van der Waals surface area (Å²) in [5.74, 6) is 0.631. The predicted octanol–water partition coefficient (Wildman–Crippen LogP) is 1.70. The number of hydrogen-bond acceptors (Lipinski definition) is 4. The Morgan fingerprint density at radius 2 is 2.25 bits per heavy atom. The number of carbonyl (C=O) groups is 1. The number of amides is 1. The van der Waals surface area contributed by atoms with E-state index in [-0.39, 0.29) is 11.8 Å². The summed E-state index contributed by atoms with van der Waals surface area (Å²) in [6.45, 7) is 2.41. The van der Waals surface area contributed by atoms with E-state index in [0.29, 0.717) is 18.8 Å². The average Bonchev–Trinajstić information content (AvgIpc) is 3.25. The molecule has 1 unspecified atom stereocenters. The summed E-state index contributed by atoms with van der Waals surface area (Å²) in [5, 5.41) is 13.8. The molecule has 0 bridgehead atoms. The highest BCUT2D eigenvalue weighted by atomic mass is 16.1. The molecule has 7 nitrogen and oxygen atoms in total. The number of nitrogens with one attached hydrogen (secondary N) is 2. The average molecular weight is 324 g/mol. The van der Waals surface area contributed by atoms with Crippen LogP contribution < -0.4 is 5.32 Å². The topological polar surface area (TPSA) is 88.5 Å². The van der Waals surface area contributed by atoms with E-state index in [4.69, 9.17) is 0 Å². The van der Waals surface area contributed by atoms with E-state index in [0.717, 1.165) is 16.8 Å². The fourth-order valence-corrected chi connectivity index (χ4v) is 2.54. The summed E-state index contributed by atoms with van der Waals surface area (Å²) in [4.78, 5) is 16.4. The first-order valence-corrected chi connectivity index (χ1v) is 7.83. The van der Waals surface area contributed by atoms with Gasteiger partial charge in [0.2, 0.25) is 5.91 Å². The van der Waals surface area contributed by atoms with Crippen molar-refractivity contribution in [1.82, 2.24) is 30.3 Å². The van der Waals surface area contributed by atoms with Gasteiger partial charge in [0.1, 0.15) is 6.33 Å². The van der Waals surface area contributed by atoms with Gasteiger partial charge in [0.05, 0.1) is 0 Å². The Hall–Kier alpha value is -2.96. The van der Waals surface area contributed by atoms with Crippen LogP contribution in [0.5, 0.6) is 0 Å². The van der Waals surface area contributed by atoms with Crippen LogP contribution in [-0.2, 0) is 24.8 Å². The molecule has 0 spiro atoms. The van der Waals surface area contributed by atoms with E-state index >= 15 is 0 Å². The van der Waals surface area contributed by atoms with E-state index in [2.05, 4.69) is 25.6 Å². The zero-order valence-electron chi connectivity index (χ0n) is 13.7. The van der Waals surface area contributed by atoms with Crippen molar-refractivity contribution in [2.75, 3.05) is 0 Å². The molecule has 0 aliphatic carbocycles. The third-order valence-electron chi connectivity index (χ3n) is 3.97. The molecular formula is C17H20N6O. The fraction of sp³-hybridized carbons (Fsp3) is 0.294. The molecule has 3 rings (SSSR count). The highest BCUT2D eigenvalue weighted by molar-refractivity contribution is 5.78. The number of H-pyrrole nitrogens is 1. The first kappa shape index (κ1) is 15.9. The molecule has 0 saturated carbocycles. The molecule has 0 aliphatic rings. The molecule has 7 heteroatoms. The number of rotatable bonds is 6. The van der Waals surface area contributed by atoms with Crippen molar-refractivity contribution in [3.8, 4) is 11.4 Å². The minimum atomic E-state index is -0.113. The third-order valence-corrected chi connectivity index (χ3v) is 3.97. The first-order chi connectivity index (χ1) is 11.6. The second-order valence-corrected chi connectivity index (χ2v) is 5.80. The quantitative estimate of drug-likeness (QED) is 0.722. The molecule has 1 amide bonds. The molecule has 2 heterocycles. The SMILES string of the molecule is CC(Cc1ccnn1C)C(=O)NCc1cccc(-c2ncn[nH]2)c1. The lowest BCUT2D eigenvalue weighted by Gasteiger charge is -2.12. The van der Waals surface area contributed by atoms with Crippen molar-refractivity contribution < 1.29 is 4.79 Å². The zero-order valence-corrected chi connectivity index (χ0v) is 13.7. The van der Waals surface area contributed by atoms with Gasteiger partial charge in [-0.2, -0.15) is 10.2 Å². The largest absolute Gasteiger partial charge is 0.352 e. The molecule has 0 aliphatic heterocycles. The van der Waals surface area contributed by atoms with Crippen molar-refractivity contribution in [2.45, 2.75) is 19.9 Å². The number of nitrogens with zero attached hydrogens (tertiary/aromatic N) is 4. The number of aryl methyl sites for hydroxylation is 1. The lowest BCUT2D eigenvalue weighted by Crippen LogP contribution is -2.30. The summed E-state index contributed by atoms with van der Waals surface area (Å²) in [6, 6.07) is 9.80. The Labute approximate surface area is 140 Å². The Morgan fingerprint density at radius 3 is 2.96 bits per heavy atom. The van der Waals surface area contributed by atoms with E-state index in [9.17, 15) is 4.79 Å². The van der Waals surface area contributed by atoms with E-state index in [1.165, 1.54) is 6.33 Å². The lowest BCUT2D eigenvalue weighted by molar-refractivity contribution is -0.124. The van der Waals surface area contributed by atoms with Crippen molar-refractivity contribution in [3.63, 3.8) is 0 Å². The molecule has 3 aromatic rings. The van der Waals surface area contributed by atoms with Gasteiger partial charge < -0.3 is 5.32 Å². The number of carbonyl (C=O) groups excluding carboxylic acids is 1. The van der Waals surface area contributed by atoms with Gasteiger partial charge in [-0.15, -0.1) is 0 Å². The van der Waals surface area contributed by atoms with Crippen LogP contribution in [0.1, 0.15) is 18.2 Å². The van der Waals surface area contributed by atoms with E-state index in [1.54, 1.807) is 10.9 Å². The second kappa shape index (κ2) is 7.08. The Morgan fingerprint density at radius 1 is 1.38 bits per heavy atom. The van der Waals surface area contributed by atoms with Crippen LogP contribution in [0.4, 0.5) is 0 Å². The van der Waals surface area contributed by atoms with Crippen molar-refractivity contribution in [1.29, 1.82) is 0 Å². The molecule has 1 aromatic carbocycles. The lowest BCUT2D eigenvalue weighted by atomic mass is 10.0. The molecule has 124 valence electrons. The number of aromatic amines is 1. The maximum atomic E-state index is 12.3. The predicted molar refractivity (Wildman–Crippen MR) is 89.7 cm³/mol. The fourth-order valence-electron chi connectivity index (χ4n) is 2.54. The van der Waals surface area contributed by atoms with Gasteiger partial charge in [-0.3, -0.25) is 14.6 Å². The van der Waals surface area contributed by atoms with Gasteiger partial charge >= 0.3 is 0 Å². The maximum Gasteiger partial charge on any atom is 0.223 e. The van der Waals surface area contributed by atoms with Crippen molar-refractivity contribution in [2.24, 2.45) is 13.0 Å². The highest BCUT2D eigenvalue weighted by Gasteiger charge is 2.15. The van der Waals surface area contributed by atoms with Crippen LogP contribution in [0, 0.1) is 5.92 Å². The van der Waals surface area contributed by atoms with Crippen LogP contribution in [-0.4, -0.2) is 30.9 Å². The first-order valence-electron chi connectivity index (χ1n) is 7.83. The summed E-state index contributed by atoms with van der Waals surface area (Å²) in [5.41, 5.74) is 3.01. The number of benzene rings is 1. The molecule has 24 heavy (non-hydrogen) atoms. The summed E-state index contributed by atoms with van der Waals surface area (Å²) < 4.78 is 1.80. The Balaban J connectivity index is 1.58. The van der Waals surface area contributed by atoms with E-state index < -0.39 is 0 Å². The second-order valence-electron chi connectivity index (χ2n) is 5.80. The standard InChI is InChI=1S/C17H20N6O/c1-12(8-15-6-7-21-23(15)2)17(24)18-10-13-4-3-5-14(9-13)16-19-11-20-22-16/h3-7,9,11-12H,8,10H2,1-2H3,(H,18,24)(H,19,20,22). The normalized spacial score (nSPS) is 12.1. The molecule has 0 saturated heterocycles. The monoisotopic (exact) mass is 324 g/mol. The van der Waals surface area contributed by atoms with Gasteiger partial charge in [-0.25, -0.2) is 4.98 Å². The molecule has 0 radical (unpaired) electrons. The smallest absolute Gasteiger partial charge is 0.223 e. The molecular weight excluding hydrogens is 304 g/mol. The van der Waals surface area contributed by atoms with Crippen molar-refractivity contribution >= 4 is 5.91 Å². The van der Waals surface area contributed by atoms with Gasteiger partial charge in [-0.1, -0.05) is 25.1 Å². The van der Waals surface area contributed by atoms with E-state index in [1.807, 2.05) is 44.3 Å². The van der Waals surface area contributed by atoms with Gasteiger partial charge in [0, 0.05) is 43.4 Å². The van der Waals surface area contributed by atoms with Gasteiger partial charge in [0.25, 0.3) is 0 Å². The maximum absolute atomic E-state index is 12.3. The molecule has 2 N–H and O–H groups in total. The molecule has 1 atom stereocenters. The summed E-state index contributed by atoms with van der Waals surface area (Å²) in [6.07, 6.45) is 3.89. The van der Waals surface area contributed by atoms with Crippen LogP contribution in [0.3, 0.4) is 0 Å².